The number of nitrogens with one attached hydrogen (secondary N) is 1. The Balaban J connectivity index is 1.06. The number of amides is 1. The smallest absolute Gasteiger partial charge is 0.255 e. The summed E-state index contributed by atoms with van der Waals surface area (Å²) in [6.45, 7) is 4.65. The van der Waals surface area contributed by atoms with E-state index >= 15 is 0 Å². The van der Waals surface area contributed by atoms with Gasteiger partial charge in [-0.15, -0.1) is 0 Å². The van der Waals surface area contributed by atoms with Crippen molar-refractivity contribution in [1.29, 1.82) is 0 Å². The number of fused-ring (bicyclic) bond motifs is 1. The number of nitrogens with zero attached hydrogens (tertiary/aromatic N) is 1. The topological polar surface area (TPSA) is 78.9 Å². The Morgan fingerprint density at radius 3 is 2.60 bits per heavy atom. The monoisotopic (exact) mass is 578 g/mol. The fraction of sp³-hybridized carbons (Fsp3) is 0.459. The van der Waals surface area contributed by atoms with Gasteiger partial charge in [-0.25, -0.2) is 0 Å². The number of rotatable bonds is 8. The molecule has 43 heavy (non-hydrogen) atoms. The molecule has 224 valence electrons. The number of phenolic OH excluding ortho intramolecular Hbond substituents is 1. The van der Waals surface area contributed by atoms with Crippen LogP contribution < -0.4 is 10.1 Å². The van der Waals surface area contributed by atoms with Crippen LogP contribution in [0, 0.1) is 18.8 Å². The van der Waals surface area contributed by atoms with Crippen LogP contribution in [0.2, 0.25) is 0 Å². The van der Waals surface area contributed by atoms with E-state index in [1.165, 1.54) is 12.8 Å². The number of likely N-dealkylation sites (tertiary alicyclic amines) is 1. The van der Waals surface area contributed by atoms with Gasteiger partial charge in [0.2, 0.25) is 0 Å². The Hall–Kier alpha value is -3.64. The number of piperidine rings is 1. The third-order valence-electron chi connectivity index (χ3n) is 10.7. The van der Waals surface area contributed by atoms with E-state index in [0.717, 1.165) is 77.4 Å². The maximum absolute atomic E-state index is 13.4. The second-order valence-electron chi connectivity index (χ2n) is 13.4. The normalized spacial score (nSPS) is 24.7. The van der Waals surface area contributed by atoms with Crippen LogP contribution in [0.25, 0.3) is 11.1 Å². The number of carbonyl (C=O) groups is 2. The maximum atomic E-state index is 13.4. The predicted molar refractivity (Wildman–Crippen MR) is 168 cm³/mol. The number of carbonyl (C=O) groups excluding carboxylic acids is 2. The number of aryl methyl sites for hydroxylation is 1. The number of aromatic hydroxyl groups is 1. The average Bonchev–Trinajstić information content (AvgIpc) is 3.82. The minimum Gasteiger partial charge on any atom is -0.507 e. The predicted octanol–water partition coefficient (Wildman–Crippen LogP) is 6.00. The lowest BCUT2D eigenvalue weighted by Gasteiger charge is -2.58. The molecule has 0 spiro atoms. The molecule has 2 bridgehead atoms. The van der Waals surface area contributed by atoms with Gasteiger partial charge in [-0.1, -0.05) is 36.4 Å². The third kappa shape index (κ3) is 5.14. The molecule has 3 atom stereocenters. The lowest BCUT2D eigenvalue weighted by atomic mass is 9.51. The van der Waals surface area contributed by atoms with Gasteiger partial charge in [0.05, 0.1) is 12.7 Å². The number of hydrogen-bond acceptors (Lipinski definition) is 5. The van der Waals surface area contributed by atoms with Gasteiger partial charge < -0.3 is 15.2 Å². The number of benzene rings is 3. The van der Waals surface area contributed by atoms with Gasteiger partial charge in [0.25, 0.3) is 5.91 Å². The molecule has 6 nitrogen and oxygen atoms in total. The Morgan fingerprint density at radius 2 is 1.86 bits per heavy atom. The van der Waals surface area contributed by atoms with Gasteiger partial charge in [-0.3, -0.25) is 14.5 Å². The molecule has 2 saturated carbocycles. The first-order valence-electron chi connectivity index (χ1n) is 16.0. The molecule has 6 heteroatoms. The van der Waals surface area contributed by atoms with Crippen LogP contribution in [-0.4, -0.2) is 54.5 Å². The van der Waals surface area contributed by atoms with E-state index in [0.29, 0.717) is 49.1 Å². The molecule has 0 radical (unpaired) electrons. The van der Waals surface area contributed by atoms with Gasteiger partial charge in [0.15, 0.2) is 0 Å². The molecule has 1 aliphatic heterocycles. The number of methoxy groups -OCH3 is 1. The number of ether oxygens (including phenoxy) is 1. The highest BCUT2D eigenvalue weighted by Crippen LogP contribution is 2.58. The fourth-order valence-electron chi connectivity index (χ4n) is 8.40. The van der Waals surface area contributed by atoms with Crippen molar-refractivity contribution in [3.05, 3.63) is 82.4 Å². The van der Waals surface area contributed by atoms with Crippen LogP contribution in [0.1, 0.15) is 71.1 Å². The second kappa shape index (κ2) is 11.1. The molecule has 3 unspecified atom stereocenters. The summed E-state index contributed by atoms with van der Waals surface area (Å²) in [7, 11) is 1.68. The van der Waals surface area contributed by atoms with Crippen molar-refractivity contribution in [2.24, 2.45) is 11.8 Å². The molecule has 1 amide bonds. The zero-order valence-corrected chi connectivity index (χ0v) is 25.3. The molecule has 2 N–H and O–H groups in total. The Bertz CT molecular complexity index is 1560. The van der Waals surface area contributed by atoms with Crippen molar-refractivity contribution in [3.63, 3.8) is 0 Å². The molecule has 1 saturated heterocycles. The van der Waals surface area contributed by atoms with Gasteiger partial charge in [0.1, 0.15) is 17.3 Å². The van der Waals surface area contributed by atoms with Crippen LogP contribution in [0.15, 0.2) is 54.6 Å². The van der Waals surface area contributed by atoms with Crippen molar-refractivity contribution < 1.29 is 19.4 Å². The van der Waals surface area contributed by atoms with Gasteiger partial charge in [-0.2, -0.15) is 0 Å². The molecule has 7 rings (SSSR count). The summed E-state index contributed by atoms with van der Waals surface area (Å²) in [5.74, 6) is 2.21. The highest BCUT2D eigenvalue weighted by Gasteiger charge is 2.57. The summed E-state index contributed by atoms with van der Waals surface area (Å²) in [6, 6.07) is 18.9. The Morgan fingerprint density at radius 1 is 1.07 bits per heavy atom. The summed E-state index contributed by atoms with van der Waals surface area (Å²) in [4.78, 5) is 28.9. The van der Waals surface area contributed by atoms with Crippen LogP contribution in [0.4, 0.5) is 0 Å². The van der Waals surface area contributed by atoms with E-state index in [4.69, 9.17) is 4.74 Å². The zero-order valence-electron chi connectivity index (χ0n) is 25.3. The summed E-state index contributed by atoms with van der Waals surface area (Å²) in [6.07, 6.45) is 7.15. The quantitative estimate of drug-likeness (QED) is 0.343. The van der Waals surface area contributed by atoms with E-state index in [-0.39, 0.29) is 17.1 Å². The summed E-state index contributed by atoms with van der Waals surface area (Å²) >= 11 is 0. The zero-order chi connectivity index (χ0) is 29.7. The molecule has 1 heterocycles. The largest absolute Gasteiger partial charge is 0.507 e. The Kier molecular flexibility index (Phi) is 7.29. The minimum atomic E-state index is -0.349. The standard InChI is InChI=1S/C37H42N2O4/c1-23-19-27(10-14-33(23)43-2)26-7-5-24(6-8-26)15-17-38-36(42)30-12-9-28-20-32-31-13-11-29(40)21-37(31,34(28)35(30)41)16-18-39(32)22-25-3-4-25/h5-10,12,14,19,25,31-32,41H,3-4,11,13,15-18,20-22H2,1-2H3,(H,38,42). The minimum absolute atomic E-state index is 0.0999. The summed E-state index contributed by atoms with van der Waals surface area (Å²) < 4.78 is 5.38. The van der Waals surface area contributed by atoms with Crippen LogP contribution in [0.5, 0.6) is 11.5 Å². The number of hydrogen-bond donors (Lipinski definition) is 2. The maximum Gasteiger partial charge on any atom is 0.255 e. The third-order valence-corrected chi connectivity index (χ3v) is 10.7. The van der Waals surface area contributed by atoms with Crippen molar-refractivity contribution in [2.75, 3.05) is 26.7 Å². The first-order valence-corrected chi connectivity index (χ1v) is 16.0. The SMILES string of the molecule is COc1ccc(-c2ccc(CCNC(=O)c3ccc4c(c3O)C35CCN(CC6CC6)C(C4)C3CCC(=O)C5)cc2)cc1C. The summed E-state index contributed by atoms with van der Waals surface area (Å²) in [5, 5.41) is 14.7. The lowest BCUT2D eigenvalue weighted by Crippen LogP contribution is -2.62. The molecule has 3 aromatic rings. The van der Waals surface area contributed by atoms with E-state index in [2.05, 4.69) is 46.6 Å². The number of Topliss-reactive ketones (excluding diaryl/α,β-unsaturated/α-hetero) is 1. The van der Waals surface area contributed by atoms with E-state index < -0.39 is 0 Å². The molecule has 0 aromatic heterocycles. The first-order chi connectivity index (χ1) is 20.9. The lowest BCUT2D eigenvalue weighted by molar-refractivity contribution is -0.127. The van der Waals surface area contributed by atoms with Crippen molar-refractivity contribution in [3.8, 4) is 22.6 Å². The highest BCUT2D eigenvalue weighted by molar-refractivity contribution is 5.98. The molecular weight excluding hydrogens is 536 g/mol. The number of phenols is 1. The molecule has 3 aliphatic carbocycles. The first kappa shape index (κ1) is 28.1. The number of ketones is 1. The van der Waals surface area contributed by atoms with E-state index in [9.17, 15) is 14.7 Å². The molecule has 3 aromatic carbocycles. The van der Waals surface area contributed by atoms with Gasteiger partial charge in [-0.05, 0) is 110 Å². The van der Waals surface area contributed by atoms with Crippen LogP contribution >= 0.6 is 0 Å². The molecule has 4 aliphatic rings. The summed E-state index contributed by atoms with van der Waals surface area (Å²) in [5.41, 5.74) is 6.51. The fourth-order valence-corrected chi connectivity index (χ4v) is 8.40. The second-order valence-corrected chi connectivity index (χ2v) is 13.4. The van der Waals surface area contributed by atoms with E-state index in [1.807, 2.05) is 19.1 Å². The molecule has 3 fully saturated rings. The van der Waals surface area contributed by atoms with Gasteiger partial charge >= 0.3 is 0 Å². The highest BCUT2D eigenvalue weighted by atomic mass is 16.5. The van der Waals surface area contributed by atoms with Crippen molar-refractivity contribution in [2.45, 2.75) is 69.7 Å². The van der Waals surface area contributed by atoms with Crippen LogP contribution in [-0.2, 0) is 23.1 Å². The Labute approximate surface area is 254 Å². The average molecular weight is 579 g/mol. The van der Waals surface area contributed by atoms with Gasteiger partial charge in [0, 0.05) is 43.0 Å². The van der Waals surface area contributed by atoms with Crippen LogP contribution in [0.3, 0.4) is 0 Å². The van der Waals surface area contributed by atoms with Crippen molar-refractivity contribution >= 4 is 11.7 Å². The van der Waals surface area contributed by atoms with Crippen molar-refractivity contribution in [1.82, 2.24) is 10.2 Å². The van der Waals surface area contributed by atoms with E-state index in [1.54, 1.807) is 13.2 Å². The molecular formula is C37H42N2O4.